The summed E-state index contributed by atoms with van der Waals surface area (Å²) in [6.07, 6.45) is 2.22. The summed E-state index contributed by atoms with van der Waals surface area (Å²) >= 11 is 6.12. The van der Waals surface area contributed by atoms with Crippen molar-refractivity contribution in [1.82, 2.24) is 0 Å². The maximum Gasteiger partial charge on any atom is 0.185 e. The summed E-state index contributed by atoms with van der Waals surface area (Å²) in [5, 5.41) is 9.19. The van der Waals surface area contributed by atoms with Crippen molar-refractivity contribution in [3.63, 3.8) is 0 Å². The summed E-state index contributed by atoms with van der Waals surface area (Å²) in [6, 6.07) is 15.7. The first-order chi connectivity index (χ1) is 10.4. The van der Waals surface area contributed by atoms with Gasteiger partial charge in [-0.05, 0) is 42.0 Å². The van der Waals surface area contributed by atoms with Gasteiger partial charge in [0.1, 0.15) is 22.5 Å². The second-order valence-electron chi connectivity index (χ2n) is 4.49. The van der Waals surface area contributed by atoms with Crippen LogP contribution in [0.1, 0.15) is 5.56 Å². The van der Waals surface area contributed by atoms with E-state index in [1.54, 1.807) is 36.4 Å². The van der Waals surface area contributed by atoms with Gasteiger partial charge in [0.2, 0.25) is 0 Å². The molecule has 2 aromatic carbocycles. The molecule has 6 heteroatoms. The quantitative estimate of drug-likeness (QED) is 0.792. The van der Waals surface area contributed by atoms with Gasteiger partial charge >= 0.3 is 0 Å². The zero-order chi connectivity index (χ0) is 16.2. The monoisotopic (exact) mass is 333 g/mol. The van der Waals surface area contributed by atoms with Gasteiger partial charge in [-0.3, -0.25) is 0 Å². The highest BCUT2D eigenvalue weighted by Gasteiger charge is 2.12. The van der Waals surface area contributed by atoms with Crippen LogP contribution in [0.15, 0.2) is 53.4 Å². The van der Waals surface area contributed by atoms with Gasteiger partial charge in [0.25, 0.3) is 0 Å². The van der Waals surface area contributed by atoms with E-state index in [2.05, 4.69) is 0 Å². The minimum atomic E-state index is -3.58. The van der Waals surface area contributed by atoms with E-state index in [1.807, 2.05) is 18.2 Å². The van der Waals surface area contributed by atoms with Gasteiger partial charge in [-0.2, -0.15) is 5.26 Å². The number of benzene rings is 2. The molecule has 0 unspecified atom stereocenters. The molecule has 0 heterocycles. The van der Waals surface area contributed by atoms with E-state index in [1.165, 1.54) is 6.08 Å². The number of para-hydroxylation sites is 1. The fraction of sp³-hybridized carbons (Fsp3) is 0.0625. The Morgan fingerprint density at radius 3 is 2.41 bits per heavy atom. The summed E-state index contributed by atoms with van der Waals surface area (Å²) in [6.45, 7) is 0. The fourth-order valence-corrected chi connectivity index (χ4v) is 2.41. The van der Waals surface area contributed by atoms with Crippen LogP contribution in [0.5, 0.6) is 11.5 Å². The average Bonchev–Trinajstić information content (AvgIpc) is 2.46. The Bertz CT molecular complexity index is 853. The number of hydrogen-bond acceptors (Lipinski definition) is 4. The molecule has 2 aromatic rings. The van der Waals surface area contributed by atoms with Gasteiger partial charge in [-0.25, -0.2) is 8.42 Å². The topological polar surface area (TPSA) is 67.2 Å². The standard InChI is InChI=1S/C16H12ClNO3S/c1-22(19,20)15(11-18)9-12-7-8-14(10-16(12)17)21-13-5-3-2-4-6-13/h2-10H,1H3. The zero-order valence-electron chi connectivity index (χ0n) is 11.7. The van der Waals surface area contributed by atoms with Crippen molar-refractivity contribution in [3.05, 3.63) is 64.0 Å². The lowest BCUT2D eigenvalue weighted by Gasteiger charge is -2.07. The van der Waals surface area contributed by atoms with Crippen molar-refractivity contribution in [2.45, 2.75) is 0 Å². The molecule has 0 fully saturated rings. The van der Waals surface area contributed by atoms with Gasteiger partial charge < -0.3 is 4.74 Å². The zero-order valence-corrected chi connectivity index (χ0v) is 13.2. The number of halogens is 1. The van der Waals surface area contributed by atoms with Crippen molar-refractivity contribution in [2.24, 2.45) is 0 Å². The molecule has 0 amide bonds. The highest BCUT2D eigenvalue weighted by atomic mass is 35.5. The van der Waals surface area contributed by atoms with Gasteiger partial charge in [0.15, 0.2) is 9.84 Å². The predicted molar refractivity (Wildman–Crippen MR) is 86.4 cm³/mol. The summed E-state index contributed by atoms with van der Waals surface area (Å²) < 4.78 is 28.5. The molecule has 0 N–H and O–H groups in total. The maximum absolute atomic E-state index is 11.4. The summed E-state index contributed by atoms with van der Waals surface area (Å²) in [4.78, 5) is -0.342. The molecule has 0 aliphatic heterocycles. The van der Waals surface area contributed by atoms with E-state index in [4.69, 9.17) is 21.6 Å². The molecule has 0 saturated heterocycles. The Kier molecular flexibility index (Phi) is 4.86. The molecule has 0 aliphatic rings. The number of ether oxygens (including phenoxy) is 1. The third-order valence-electron chi connectivity index (χ3n) is 2.75. The number of nitriles is 1. The molecule has 112 valence electrons. The minimum absolute atomic E-state index is 0.296. The first-order valence-electron chi connectivity index (χ1n) is 6.24. The van der Waals surface area contributed by atoms with Crippen LogP contribution in [-0.4, -0.2) is 14.7 Å². The van der Waals surface area contributed by atoms with E-state index in [0.29, 0.717) is 22.1 Å². The van der Waals surface area contributed by atoms with Gasteiger partial charge in [0, 0.05) is 6.26 Å². The van der Waals surface area contributed by atoms with E-state index < -0.39 is 9.84 Å². The van der Waals surface area contributed by atoms with Gasteiger partial charge in [-0.15, -0.1) is 0 Å². The predicted octanol–water partition coefficient (Wildman–Crippen LogP) is 4.04. The van der Waals surface area contributed by atoms with Crippen molar-refractivity contribution in [3.8, 4) is 17.6 Å². The molecule has 0 bridgehead atoms. The first kappa shape index (κ1) is 16.1. The summed E-state index contributed by atoms with van der Waals surface area (Å²) in [5.74, 6) is 1.18. The second-order valence-corrected chi connectivity index (χ2v) is 6.88. The van der Waals surface area contributed by atoms with Crippen molar-refractivity contribution in [2.75, 3.05) is 6.26 Å². The van der Waals surface area contributed by atoms with Crippen LogP contribution in [0.25, 0.3) is 6.08 Å². The molecule has 4 nitrogen and oxygen atoms in total. The molecule has 0 atom stereocenters. The third-order valence-corrected chi connectivity index (χ3v) is 4.08. The van der Waals surface area contributed by atoms with Crippen molar-refractivity contribution in [1.29, 1.82) is 5.26 Å². The number of hydrogen-bond donors (Lipinski definition) is 0. The third kappa shape index (κ3) is 4.10. The van der Waals surface area contributed by atoms with Crippen LogP contribution < -0.4 is 4.74 Å². The van der Waals surface area contributed by atoms with Crippen LogP contribution in [-0.2, 0) is 9.84 Å². The van der Waals surface area contributed by atoms with E-state index in [0.717, 1.165) is 6.26 Å². The molecular weight excluding hydrogens is 322 g/mol. The second kappa shape index (κ2) is 6.65. The van der Waals surface area contributed by atoms with E-state index in [-0.39, 0.29) is 4.91 Å². The fourth-order valence-electron chi connectivity index (χ4n) is 1.68. The largest absolute Gasteiger partial charge is 0.457 e. The lowest BCUT2D eigenvalue weighted by Crippen LogP contribution is -1.98. The van der Waals surface area contributed by atoms with Crippen molar-refractivity contribution < 1.29 is 13.2 Å². The van der Waals surface area contributed by atoms with E-state index >= 15 is 0 Å². The van der Waals surface area contributed by atoms with Gasteiger partial charge in [0.05, 0.1) is 5.02 Å². The molecule has 0 aromatic heterocycles. The molecule has 2 rings (SSSR count). The number of sulfone groups is 1. The van der Waals surface area contributed by atoms with Crippen LogP contribution in [0, 0.1) is 11.3 Å². The number of rotatable bonds is 4. The van der Waals surface area contributed by atoms with Crippen LogP contribution >= 0.6 is 11.6 Å². The van der Waals surface area contributed by atoms with Crippen molar-refractivity contribution >= 4 is 27.5 Å². The Morgan fingerprint density at radius 2 is 1.86 bits per heavy atom. The molecule has 0 aliphatic carbocycles. The smallest absolute Gasteiger partial charge is 0.185 e. The number of nitrogens with zero attached hydrogens (tertiary/aromatic N) is 1. The minimum Gasteiger partial charge on any atom is -0.457 e. The van der Waals surface area contributed by atoms with Gasteiger partial charge in [-0.1, -0.05) is 29.8 Å². The summed E-state index contributed by atoms with van der Waals surface area (Å²) in [7, 11) is -3.58. The highest BCUT2D eigenvalue weighted by molar-refractivity contribution is 7.95. The molecule has 22 heavy (non-hydrogen) atoms. The molecule has 0 radical (unpaired) electrons. The molecular formula is C16H12ClNO3S. The summed E-state index contributed by atoms with van der Waals surface area (Å²) in [5.41, 5.74) is 0.434. The Labute approximate surface area is 134 Å². The highest BCUT2D eigenvalue weighted by Crippen LogP contribution is 2.28. The Morgan fingerprint density at radius 1 is 1.18 bits per heavy atom. The first-order valence-corrected chi connectivity index (χ1v) is 8.51. The van der Waals surface area contributed by atoms with Crippen LogP contribution in [0.4, 0.5) is 0 Å². The van der Waals surface area contributed by atoms with Crippen LogP contribution in [0.2, 0.25) is 5.02 Å². The number of allylic oxidation sites excluding steroid dienone is 1. The Hall–Kier alpha value is -2.29. The lowest BCUT2D eigenvalue weighted by atomic mass is 10.2. The molecule has 0 saturated carbocycles. The normalized spacial score (nSPS) is 11.8. The lowest BCUT2D eigenvalue weighted by molar-refractivity contribution is 0.482. The van der Waals surface area contributed by atoms with Crippen LogP contribution in [0.3, 0.4) is 0 Å². The SMILES string of the molecule is CS(=O)(=O)C(C#N)=Cc1ccc(Oc2ccccc2)cc1Cl. The maximum atomic E-state index is 11.4. The Balaban J connectivity index is 2.31. The molecule has 0 spiro atoms. The van der Waals surface area contributed by atoms with E-state index in [9.17, 15) is 8.42 Å². The average molecular weight is 334 g/mol.